The lowest BCUT2D eigenvalue weighted by Crippen LogP contribution is -2.35. The van der Waals surface area contributed by atoms with Crippen molar-refractivity contribution in [3.8, 4) is 11.1 Å². The number of fused-ring (bicyclic) bond motifs is 2. The van der Waals surface area contributed by atoms with E-state index in [1.807, 2.05) is 30.6 Å². The number of piperidine rings is 1. The fraction of sp³-hybridized carbons (Fsp3) is 0.273. The third kappa shape index (κ3) is 3.45. The third-order valence-corrected chi connectivity index (χ3v) is 5.70. The van der Waals surface area contributed by atoms with Crippen molar-refractivity contribution in [2.24, 2.45) is 5.92 Å². The SMILES string of the molecule is CN1CCC(C(=O)Nc2cnc3[nH]cc(-c4ccc5ncncc5c4)c3c2)CC1. The number of carbonyl (C=O) groups is 1. The van der Waals surface area contributed by atoms with Gasteiger partial charge < -0.3 is 15.2 Å². The van der Waals surface area contributed by atoms with Crippen molar-refractivity contribution in [1.82, 2.24) is 24.8 Å². The van der Waals surface area contributed by atoms with Gasteiger partial charge >= 0.3 is 0 Å². The summed E-state index contributed by atoms with van der Waals surface area (Å²) in [6.07, 6.45) is 8.82. The predicted octanol–water partition coefficient (Wildman–Crippen LogP) is 3.45. The van der Waals surface area contributed by atoms with Gasteiger partial charge in [0.2, 0.25) is 5.91 Å². The normalized spacial score (nSPS) is 15.8. The molecule has 0 aliphatic carbocycles. The molecule has 0 unspecified atom stereocenters. The van der Waals surface area contributed by atoms with Gasteiger partial charge in [0.25, 0.3) is 0 Å². The molecule has 1 amide bonds. The second-order valence-electron chi connectivity index (χ2n) is 7.69. The molecule has 7 heteroatoms. The number of hydrogen-bond acceptors (Lipinski definition) is 5. The Morgan fingerprint density at radius 2 is 2.03 bits per heavy atom. The van der Waals surface area contributed by atoms with E-state index in [9.17, 15) is 4.79 Å². The average molecular weight is 386 g/mol. The van der Waals surface area contributed by atoms with Gasteiger partial charge in [-0.15, -0.1) is 0 Å². The molecular weight excluding hydrogens is 364 g/mol. The van der Waals surface area contributed by atoms with Crippen LogP contribution < -0.4 is 5.32 Å². The molecule has 4 heterocycles. The van der Waals surface area contributed by atoms with Crippen LogP contribution in [0.15, 0.2) is 49.2 Å². The Bertz CT molecular complexity index is 1190. The van der Waals surface area contributed by atoms with Gasteiger partial charge in [-0.1, -0.05) is 6.07 Å². The summed E-state index contributed by atoms with van der Waals surface area (Å²) in [5, 5.41) is 5.02. The van der Waals surface area contributed by atoms with Crippen LogP contribution in [0.1, 0.15) is 12.8 Å². The second kappa shape index (κ2) is 7.25. The molecule has 0 radical (unpaired) electrons. The summed E-state index contributed by atoms with van der Waals surface area (Å²) < 4.78 is 0. The first kappa shape index (κ1) is 17.8. The van der Waals surface area contributed by atoms with E-state index in [2.05, 4.69) is 43.3 Å². The lowest BCUT2D eigenvalue weighted by molar-refractivity contribution is -0.121. The summed E-state index contributed by atoms with van der Waals surface area (Å²) >= 11 is 0. The molecule has 0 atom stereocenters. The maximum Gasteiger partial charge on any atom is 0.227 e. The van der Waals surface area contributed by atoms with Gasteiger partial charge in [-0.25, -0.2) is 15.0 Å². The van der Waals surface area contributed by atoms with E-state index in [0.717, 1.165) is 64.7 Å². The number of anilines is 1. The van der Waals surface area contributed by atoms with Crippen molar-refractivity contribution in [3.63, 3.8) is 0 Å². The zero-order valence-corrected chi connectivity index (χ0v) is 16.2. The van der Waals surface area contributed by atoms with Gasteiger partial charge in [0.15, 0.2) is 0 Å². The number of H-pyrrole nitrogens is 1. The Morgan fingerprint density at radius 1 is 1.17 bits per heavy atom. The van der Waals surface area contributed by atoms with Crippen LogP contribution >= 0.6 is 0 Å². The quantitative estimate of drug-likeness (QED) is 0.563. The molecule has 1 aromatic carbocycles. The number of likely N-dealkylation sites (tertiary alicyclic amines) is 1. The number of pyridine rings is 1. The van der Waals surface area contributed by atoms with E-state index in [-0.39, 0.29) is 11.8 Å². The van der Waals surface area contributed by atoms with Crippen molar-refractivity contribution in [2.75, 3.05) is 25.5 Å². The summed E-state index contributed by atoms with van der Waals surface area (Å²) in [6, 6.07) is 8.10. The molecule has 7 nitrogen and oxygen atoms in total. The Kier molecular flexibility index (Phi) is 4.44. The Hall–Kier alpha value is -3.32. The maximum atomic E-state index is 12.7. The highest BCUT2D eigenvalue weighted by molar-refractivity contribution is 5.99. The Morgan fingerprint density at radius 3 is 2.90 bits per heavy atom. The lowest BCUT2D eigenvalue weighted by Gasteiger charge is -2.28. The second-order valence-corrected chi connectivity index (χ2v) is 7.69. The first-order valence-corrected chi connectivity index (χ1v) is 9.84. The summed E-state index contributed by atoms with van der Waals surface area (Å²) in [6.45, 7) is 1.92. The molecule has 1 aliphatic heterocycles. The molecule has 1 saturated heterocycles. The highest BCUT2D eigenvalue weighted by Gasteiger charge is 2.23. The summed E-state index contributed by atoms with van der Waals surface area (Å²) in [7, 11) is 2.10. The molecule has 0 spiro atoms. The fourth-order valence-corrected chi connectivity index (χ4v) is 3.98. The molecule has 2 N–H and O–H groups in total. The van der Waals surface area contributed by atoms with E-state index in [1.165, 1.54) is 0 Å². The lowest BCUT2D eigenvalue weighted by atomic mass is 9.96. The summed E-state index contributed by atoms with van der Waals surface area (Å²) in [5.41, 5.74) is 4.52. The van der Waals surface area contributed by atoms with E-state index in [1.54, 1.807) is 12.5 Å². The van der Waals surface area contributed by atoms with Crippen LogP contribution in [-0.4, -0.2) is 50.9 Å². The first-order chi connectivity index (χ1) is 14.2. The van der Waals surface area contributed by atoms with Crippen LogP contribution in [0.3, 0.4) is 0 Å². The van der Waals surface area contributed by atoms with Crippen molar-refractivity contribution in [2.45, 2.75) is 12.8 Å². The largest absolute Gasteiger partial charge is 0.346 e. The molecule has 0 bridgehead atoms. The summed E-state index contributed by atoms with van der Waals surface area (Å²) in [4.78, 5) is 31.0. The summed E-state index contributed by atoms with van der Waals surface area (Å²) in [5.74, 6) is 0.146. The van der Waals surface area contributed by atoms with Crippen LogP contribution in [0.2, 0.25) is 0 Å². The minimum absolute atomic E-state index is 0.0630. The monoisotopic (exact) mass is 386 g/mol. The van der Waals surface area contributed by atoms with Crippen LogP contribution in [0.4, 0.5) is 5.69 Å². The molecule has 146 valence electrons. The van der Waals surface area contributed by atoms with Crippen LogP contribution in [-0.2, 0) is 4.79 Å². The molecular formula is C22H22N6O. The number of amides is 1. The Balaban J connectivity index is 1.44. The van der Waals surface area contributed by atoms with Crippen LogP contribution in [0.5, 0.6) is 0 Å². The zero-order valence-electron chi connectivity index (χ0n) is 16.2. The molecule has 3 aromatic heterocycles. The molecule has 0 saturated carbocycles. The molecule has 5 rings (SSSR count). The standard InChI is InChI=1S/C22H22N6O/c1-28-6-4-14(5-7-28)22(29)27-17-9-18-19(12-25-21(18)24-11-17)15-2-3-20-16(8-15)10-23-13-26-20/h2-3,8-14H,4-7H2,1H3,(H,24,25)(H,27,29). The number of aromatic amines is 1. The minimum atomic E-state index is 0.0630. The number of rotatable bonds is 3. The molecule has 1 aliphatic rings. The topological polar surface area (TPSA) is 86.8 Å². The predicted molar refractivity (Wildman–Crippen MR) is 113 cm³/mol. The first-order valence-electron chi connectivity index (χ1n) is 9.84. The van der Waals surface area contributed by atoms with Gasteiger partial charge in [-0.05, 0) is 56.7 Å². The van der Waals surface area contributed by atoms with Gasteiger partial charge in [0, 0.05) is 34.6 Å². The van der Waals surface area contributed by atoms with Crippen molar-refractivity contribution >= 4 is 33.5 Å². The number of carbonyl (C=O) groups excluding carboxylic acids is 1. The Labute approximate surface area is 168 Å². The van der Waals surface area contributed by atoms with Gasteiger partial charge in [-0.2, -0.15) is 0 Å². The van der Waals surface area contributed by atoms with Gasteiger partial charge in [0.1, 0.15) is 12.0 Å². The molecule has 4 aromatic rings. The number of nitrogens with one attached hydrogen (secondary N) is 2. The van der Waals surface area contributed by atoms with Crippen molar-refractivity contribution in [3.05, 3.63) is 49.2 Å². The smallest absolute Gasteiger partial charge is 0.227 e. The number of benzene rings is 1. The average Bonchev–Trinajstić information content (AvgIpc) is 3.17. The van der Waals surface area contributed by atoms with Crippen LogP contribution in [0.25, 0.3) is 33.1 Å². The van der Waals surface area contributed by atoms with E-state index in [4.69, 9.17) is 0 Å². The van der Waals surface area contributed by atoms with Gasteiger partial charge in [-0.3, -0.25) is 4.79 Å². The van der Waals surface area contributed by atoms with Crippen LogP contribution in [0, 0.1) is 5.92 Å². The molecule has 29 heavy (non-hydrogen) atoms. The number of nitrogens with zero attached hydrogens (tertiary/aromatic N) is 4. The van der Waals surface area contributed by atoms with E-state index < -0.39 is 0 Å². The third-order valence-electron chi connectivity index (χ3n) is 5.70. The minimum Gasteiger partial charge on any atom is -0.346 e. The molecule has 1 fully saturated rings. The highest BCUT2D eigenvalue weighted by atomic mass is 16.1. The van der Waals surface area contributed by atoms with Crippen molar-refractivity contribution in [1.29, 1.82) is 0 Å². The fourth-order valence-electron chi connectivity index (χ4n) is 3.98. The highest BCUT2D eigenvalue weighted by Crippen LogP contribution is 2.31. The number of hydrogen-bond donors (Lipinski definition) is 2. The number of aromatic nitrogens is 4. The van der Waals surface area contributed by atoms with Crippen molar-refractivity contribution < 1.29 is 4.79 Å². The van der Waals surface area contributed by atoms with Gasteiger partial charge in [0.05, 0.1) is 17.4 Å². The maximum absolute atomic E-state index is 12.7. The zero-order chi connectivity index (χ0) is 19.8. The van der Waals surface area contributed by atoms with E-state index in [0.29, 0.717) is 0 Å². The van der Waals surface area contributed by atoms with E-state index >= 15 is 0 Å².